The van der Waals surface area contributed by atoms with Gasteiger partial charge in [0.2, 0.25) is 0 Å². The highest BCUT2D eigenvalue weighted by atomic mass is 16.5. The Morgan fingerprint density at radius 1 is 0.875 bits per heavy atom. The summed E-state index contributed by atoms with van der Waals surface area (Å²) in [6.45, 7) is 6.91. The third kappa shape index (κ3) is 10.3. The van der Waals surface area contributed by atoms with E-state index >= 15 is 0 Å². The van der Waals surface area contributed by atoms with Gasteiger partial charge in [-0.05, 0) is 54.2 Å². The van der Waals surface area contributed by atoms with E-state index in [-0.39, 0.29) is 5.97 Å². The normalized spacial score (nSPS) is 12.2. The van der Waals surface area contributed by atoms with E-state index in [1.807, 2.05) is 18.3 Å². The molecule has 0 fully saturated rings. The summed E-state index contributed by atoms with van der Waals surface area (Å²) in [4.78, 5) is 16.7. The molecule has 0 aliphatic rings. The second-order valence-corrected chi connectivity index (χ2v) is 8.88. The molecule has 2 aromatic rings. The van der Waals surface area contributed by atoms with Crippen LogP contribution in [0.15, 0.2) is 53.5 Å². The number of hydrogen-bond donors (Lipinski definition) is 0. The van der Waals surface area contributed by atoms with E-state index in [0.29, 0.717) is 18.1 Å². The van der Waals surface area contributed by atoms with Gasteiger partial charge in [-0.25, -0.2) is 4.79 Å². The van der Waals surface area contributed by atoms with Crippen molar-refractivity contribution in [2.45, 2.75) is 85.0 Å². The molecule has 0 aromatic heterocycles. The van der Waals surface area contributed by atoms with Crippen molar-refractivity contribution < 1.29 is 9.53 Å². The lowest BCUT2D eigenvalue weighted by atomic mass is 10.0. The quantitative estimate of drug-likeness (QED) is 0.160. The van der Waals surface area contributed by atoms with Gasteiger partial charge in [0.05, 0.1) is 17.9 Å². The lowest BCUT2D eigenvalue weighted by molar-refractivity contribution is 0.0447. The molecular formula is C29H41NO2. The summed E-state index contributed by atoms with van der Waals surface area (Å²) in [5.41, 5.74) is 3.87. The van der Waals surface area contributed by atoms with E-state index in [0.717, 1.165) is 24.1 Å². The van der Waals surface area contributed by atoms with Gasteiger partial charge in [-0.1, -0.05) is 96.4 Å². The maximum Gasteiger partial charge on any atom is 0.338 e. The third-order valence-corrected chi connectivity index (χ3v) is 5.96. The van der Waals surface area contributed by atoms with E-state index in [9.17, 15) is 4.79 Å². The molecule has 174 valence electrons. The predicted molar refractivity (Wildman–Crippen MR) is 136 cm³/mol. The highest BCUT2D eigenvalue weighted by Crippen LogP contribution is 2.16. The van der Waals surface area contributed by atoms with Crippen molar-refractivity contribution in [1.29, 1.82) is 0 Å². The Labute approximate surface area is 195 Å². The van der Waals surface area contributed by atoms with Crippen LogP contribution in [0.3, 0.4) is 0 Å². The van der Waals surface area contributed by atoms with Crippen LogP contribution in [0.1, 0.15) is 100 Å². The zero-order valence-corrected chi connectivity index (χ0v) is 20.3. The zero-order valence-electron chi connectivity index (χ0n) is 20.3. The van der Waals surface area contributed by atoms with Crippen LogP contribution < -0.4 is 0 Å². The fourth-order valence-electron chi connectivity index (χ4n) is 3.49. The molecule has 1 atom stereocenters. The Morgan fingerprint density at radius 2 is 1.50 bits per heavy atom. The highest BCUT2D eigenvalue weighted by Gasteiger charge is 2.08. The number of aryl methyl sites for hydroxylation is 1. The Bertz CT molecular complexity index is 793. The summed E-state index contributed by atoms with van der Waals surface area (Å²) in [6, 6.07) is 15.9. The fourth-order valence-corrected chi connectivity index (χ4v) is 3.49. The minimum absolute atomic E-state index is 0.263. The molecule has 0 N–H and O–H groups in total. The number of ether oxygens (including phenoxy) is 1. The molecule has 0 aliphatic heterocycles. The number of benzene rings is 2. The lowest BCUT2D eigenvalue weighted by Gasteiger charge is -2.09. The van der Waals surface area contributed by atoms with Gasteiger partial charge in [0.15, 0.2) is 0 Å². The van der Waals surface area contributed by atoms with Crippen molar-refractivity contribution in [2.24, 2.45) is 10.9 Å². The molecule has 0 bridgehead atoms. The molecule has 0 aliphatic carbocycles. The van der Waals surface area contributed by atoms with Crippen molar-refractivity contribution in [3.05, 3.63) is 65.2 Å². The first-order chi connectivity index (χ1) is 15.6. The van der Waals surface area contributed by atoms with Crippen LogP contribution in [0.2, 0.25) is 0 Å². The topological polar surface area (TPSA) is 38.7 Å². The maximum atomic E-state index is 12.1. The summed E-state index contributed by atoms with van der Waals surface area (Å²) in [6.07, 6.45) is 14.8. The number of esters is 1. The van der Waals surface area contributed by atoms with Gasteiger partial charge in [0.1, 0.15) is 0 Å². The van der Waals surface area contributed by atoms with E-state index in [1.165, 1.54) is 56.9 Å². The van der Waals surface area contributed by atoms with Crippen molar-refractivity contribution in [3.63, 3.8) is 0 Å². The first-order valence-corrected chi connectivity index (χ1v) is 12.5. The van der Waals surface area contributed by atoms with Gasteiger partial charge < -0.3 is 4.74 Å². The molecule has 0 saturated heterocycles. The molecular weight excluding hydrogens is 394 g/mol. The fraction of sp³-hybridized carbons (Fsp3) is 0.517. The van der Waals surface area contributed by atoms with Crippen molar-refractivity contribution in [1.82, 2.24) is 0 Å². The van der Waals surface area contributed by atoms with E-state index in [4.69, 9.17) is 4.74 Å². The first-order valence-electron chi connectivity index (χ1n) is 12.5. The minimum atomic E-state index is -0.263. The van der Waals surface area contributed by atoms with Crippen molar-refractivity contribution in [3.8, 4) is 0 Å². The van der Waals surface area contributed by atoms with Crippen LogP contribution in [0.4, 0.5) is 5.69 Å². The molecule has 0 spiro atoms. The molecule has 0 heterocycles. The average molecular weight is 436 g/mol. The molecule has 1 unspecified atom stereocenters. The minimum Gasteiger partial charge on any atom is -0.462 e. The van der Waals surface area contributed by atoms with Crippen LogP contribution in [0.25, 0.3) is 0 Å². The van der Waals surface area contributed by atoms with E-state index < -0.39 is 0 Å². The first kappa shape index (κ1) is 25.8. The number of aliphatic imine (C=N–C) groups is 1. The molecule has 3 nitrogen and oxygen atoms in total. The van der Waals surface area contributed by atoms with Gasteiger partial charge in [-0.3, -0.25) is 4.99 Å². The maximum absolute atomic E-state index is 12.1. The molecule has 2 rings (SSSR count). The van der Waals surface area contributed by atoms with Gasteiger partial charge in [-0.2, -0.15) is 0 Å². The largest absolute Gasteiger partial charge is 0.462 e. The second-order valence-electron chi connectivity index (χ2n) is 8.88. The SMILES string of the molecule is CCCCCCCCCCc1ccc(N=Cc2ccc(C(=O)OCC(C)CC)cc2)cc1. The van der Waals surface area contributed by atoms with Gasteiger partial charge in [0.25, 0.3) is 0 Å². The predicted octanol–water partition coefficient (Wildman–Crippen LogP) is 8.32. The van der Waals surface area contributed by atoms with Gasteiger partial charge in [-0.15, -0.1) is 0 Å². The van der Waals surface area contributed by atoms with Crippen LogP contribution in [-0.4, -0.2) is 18.8 Å². The Balaban J connectivity index is 1.72. The Hall–Kier alpha value is -2.42. The summed E-state index contributed by atoms with van der Waals surface area (Å²) < 4.78 is 5.35. The molecule has 3 heteroatoms. The average Bonchev–Trinajstić information content (AvgIpc) is 2.83. The number of carbonyl (C=O) groups excluding carboxylic acids is 1. The number of hydrogen-bond acceptors (Lipinski definition) is 3. The standard InChI is InChI=1S/C29H41NO2/c1-4-6-7-8-9-10-11-12-13-25-16-20-28(21-17-25)30-22-26-14-18-27(19-15-26)29(31)32-23-24(3)5-2/h14-22,24H,4-13,23H2,1-3H3. The Kier molecular flexibility index (Phi) is 12.4. The Morgan fingerprint density at radius 3 is 2.12 bits per heavy atom. The second kappa shape index (κ2) is 15.4. The summed E-state index contributed by atoms with van der Waals surface area (Å²) in [7, 11) is 0. The molecule has 32 heavy (non-hydrogen) atoms. The summed E-state index contributed by atoms with van der Waals surface area (Å²) >= 11 is 0. The number of rotatable bonds is 15. The monoisotopic (exact) mass is 435 g/mol. The van der Waals surface area contributed by atoms with Crippen molar-refractivity contribution in [2.75, 3.05) is 6.61 Å². The van der Waals surface area contributed by atoms with Gasteiger partial charge >= 0.3 is 5.97 Å². The smallest absolute Gasteiger partial charge is 0.338 e. The van der Waals surface area contributed by atoms with Crippen LogP contribution >= 0.6 is 0 Å². The number of nitrogens with zero attached hydrogens (tertiary/aromatic N) is 1. The van der Waals surface area contributed by atoms with E-state index in [1.54, 1.807) is 12.1 Å². The van der Waals surface area contributed by atoms with Crippen molar-refractivity contribution >= 4 is 17.9 Å². The molecule has 0 radical (unpaired) electrons. The molecule has 0 amide bonds. The zero-order chi connectivity index (χ0) is 23.0. The van der Waals surface area contributed by atoms with Gasteiger partial charge in [0, 0.05) is 6.21 Å². The van der Waals surface area contributed by atoms with E-state index in [2.05, 4.69) is 50.0 Å². The number of unbranched alkanes of at least 4 members (excludes halogenated alkanes) is 7. The van der Waals surface area contributed by atoms with Crippen LogP contribution in [0, 0.1) is 5.92 Å². The van der Waals surface area contributed by atoms with Crippen LogP contribution in [-0.2, 0) is 11.2 Å². The number of carbonyl (C=O) groups is 1. The third-order valence-electron chi connectivity index (χ3n) is 5.96. The molecule has 2 aromatic carbocycles. The lowest BCUT2D eigenvalue weighted by Crippen LogP contribution is -2.11. The summed E-state index contributed by atoms with van der Waals surface area (Å²) in [5, 5.41) is 0. The summed E-state index contributed by atoms with van der Waals surface area (Å²) in [5.74, 6) is 0.123. The highest BCUT2D eigenvalue weighted by molar-refractivity contribution is 5.91. The molecule has 0 saturated carbocycles. The van der Waals surface area contributed by atoms with Crippen LogP contribution in [0.5, 0.6) is 0 Å².